The molecule has 2 aromatic rings. The summed E-state index contributed by atoms with van der Waals surface area (Å²) < 4.78 is 39.4. The van der Waals surface area contributed by atoms with E-state index in [4.69, 9.17) is 0 Å². The Kier molecular flexibility index (Phi) is 7.24. The molecule has 0 unspecified atom stereocenters. The molecule has 5 heteroatoms. The van der Waals surface area contributed by atoms with Crippen LogP contribution in [0.3, 0.4) is 0 Å². The molecule has 2 aromatic carbocycles. The van der Waals surface area contributed by atoms with Gasteiger partial charge in [-0.15, -0.1) is 0 Å². The summed E-state index contributed by atoms with van der Waals surface area (Å²) >= 11 is 0. The molecular formula is C23H30FNO2S. The van der Waals surface area contributed by atoms with E-state index in [1.54, 1.807) is 24.3 Å². The highest BCUT2D eigenvalue weighted by Gasteiger charge is 2.34. The SMILES string of the molecule is CCCCCN1CC[C@@H](c2ccc(F)cc2)[C@H](CS(=O)(=O)c2ccccc2)C1. The van der Waals surface area contributed by atoms with Crippen molar-refractivity contribution in [3.63, 3.8) is 0 Å². The predicted octanol–water partition coefficient (Wildman–Crippen LogP) is 4.90. The first-order valence-electron chi connectivity index (χ1n) is 10.2. The quantitative estimate of drug-likeness (QED) is 0.589. The molecule has 0 aromatic heterocycles. The fourth-order valence-electron chi connectivity index (χ4n) is 4.22. The number of rotatable bonds is 8. The third-order valence-corrected chi connectivity index (χ3v) is 7.59. The van der Waals surface area contributed by atoms with Gasteiger partial charge in [0.15, 0.2) is 9.84 Å². The maximum absolute atomic E-state index is 13.4. The van der Waals surface area contributed by atoms with E-state index in [-0.39, 0.29) is 23.4 Å². The zero-order chi connectivity index (χ0) is 20.0. The monoisotopic (exact) mass is 403 g/mol. The summed E-state index contributed by atoms with van der Waals surface area (Å²) in [7, 11) is -3.36. The van der Waals surface area contributed by atoms with Crippen molar-refractivity contribution in [1.29, 1.82) is 0 Å². The fraction of sp³-hybridized carbons (Fsp3) is 0.478. The van der Waals surface area contributed by atoms with Gasteiger partial charge in [-0.25, -0.2) is 12.8 Å². The minimum absolute atomic E-state index is 0.00560. The Morgan fingerprint density at radius 2 is 1.75 bits per heavy atom. The third kappa shape index (κ3) is 5.42. The Morgan fingerprint density at radius 3 is 2.43 bits per heavy atom. The van der Waals surface area contributed by atoms with E-state index < -0.39 is 9.84 Å². The number of likely N-dealkylation sites (tertiary alicyclic amines) is 1. The summed E-state index contributed by atoms with van der Waals surface area (Å²) in [6, 6.07) is 15.3. The smallest absolute Gasteiger partial charge is 0.178 e. The first-order valence-corrected chi connectivity index (χ1v) is 11.9. The standard InChI is InChI=1S/C23H30FNO2S/c1-2-3-7-15-25-16-14-23(19-10-12-21(24)13-11-19)20(17-25)18-28(26,27)22-8-5-4-6-9-22/h4-6,8-13,20,23H,2-3,7,14-18H2,1H3/t20-,23-/m0/s1. The average Bonchev–Trinajstić information content (AvgIpc) is 2.70. The van der Waals surface area contributed by atoms with E-state index in [1.165, 1.54) is 25.0 Å². The molecule has 0 bridgehead atoms. The van der Waals surface area contributed by atoms with Crippen molar-refractivity contribution in [3.05, 3.63) is 66.0 Å². The van der Waals surface area contributed by atoms with Gasteiger partial charge in [0.2, 0.25) is 0 Å². The van der Waals surface area contributed by atoms with Crippen LogP contribution in [0.15, 0.2) is 59.5 Å². The molecule has 3 nitrogen and oxygen atoms in total. The van der Waals surface area contributed by atoms with E-state index in [1.807, 2.05) is 18.2 Å². The number of hydrogen-bond donors (Lipinski definition) is 0. The van der Waals surface area contributed by atoms with Gasteiger partial charge in [0.1, 0.15) is 5.82 Å². The van der Waals surface area contributed by atoms with E-state index in [2.05, 4.69) is 11.8 Å². The van der Waals surface area contributed by atoms with E-state index in [9.17, 15) is 12.8 Å². The molecule has 0 radical (unpaired) electrons. The molecule has 0 amide bonds. The first-order chi connectivity index (χ1) is 13.5. The number of piperidine rings is 1. The summed E-state index contributed by atoms with van der Waals surface area (Å²) in [5.74, 6) is 0.0188. The molecule has 28 heavy (non-hydrogen) atoms. The maximum atomic E-state index is 13.4. The first kappa shape index (κ1) is 21.0. The second kappa shape index (κ2) is 9.66. The predicted molar refractivity (Wildman–Crippen MR) is 112 cm³/mol. The lowest BCUT2D eigenvalue weighted by Gasteiger charge is -2.39. The van der Waals surface area contributed by atoms with Gasteiger partial charge in [0.05, 0.1) is 10.6 Å². The van der Waals surface area contributed by atoms with Gasteiger partial charge in [-0.3, -0.25) is 0 Å². The van der Waals surface area contributed by atoms with Gasteiger partial charge >= 0.3 is 0 Å². The highest BCUT2D eigenvalue weighted by molar-refractivity contribution is 7.91. The Hall–Kier alpha value is -1.72. The molecule has 0 aliphatic carbocycles. The van der Waals surface area contributed by atoms with Gasteiger partial charge in [0.25, 0.3) is 0 Å². The largest absolute Gasteiger partial charge is 0.303 e. The lowest BCUT2D eigenvalue weighted by molar-refractivity contribution is 0.162. The van der Waals surface area contributed by atoms with Gasteiger partial charge in [-0.1, -0.05) is 50.1 Å². The Morgan fingerprint density at radius 1 is 1.04 bits per heavy atom. The second-order valence-corrected chi connectivity index (χ2v) is 9.84. The van der Waals surface area contributed by atoms with Gasteiger partial charge in [-0.2, -0.15) is 0 Å². The van der Waals surface area contributed by atoms with Crippen molar-refractivity contribution in [1.82, 2.24) is 4.90 Å². The van der Waals surface area contributed by atoms with Crippen molar-refractivity contribution in [2.75, 3.05) is 25.4 Å². The Balaban J connectivity index is 1.80. The number of unbranched alkanes of at least 4 members (excludes halogenated alkanes) is 2. The molecule has 1 fully saturated rings. The van der Waals surface area contributed by atoms with Crippen molar-refractivity contribution >= 4 is 9.84 Å². The fourth-order valence-corrected chi connectivity index (χ4v) is 5.89. The lowest BCUT2D eigenvalue weighted by Crippen LogP contribution is -2.42. The Labute approximate surface area is 168 Å². The summed E-state index contributed by atoms with van der Waals surface area (Å²) in [5.41, 5.74) is 1.04. The van der Waals surface area contributed by atoms with E-state index in [0.29, 0.717) is 4.90 Å². The van der Waals surface area contributed by atoms with Crippen LogP contribution in [0.25, 0.3) is 0 Å². The zero-order valence-corrected chi connectivity index (χ0v) is 17.4. The molecule has 0 saturated carbocycles. The van der Waals surface area contributed by atoms with Crippen LogP contribution in [0.1, 0.15) is 44.1 Å². The lowest BCUT2D eigenvalue weighted by atomic mass is 9.81. The molecule has 1 heterocycles. The zero-order valence-electron chi connectivity index (χ0n) is 16.6. The van der Waals surface area contributed by atoms with Crippen LogP contribution in [0.5, 0.6) is 0 Å². The number of sulfone groups is 1. The normalized spacial score (nSPS) is 20.9. The molecule has 2 atom stereocenters. The van der Waals surface area contributed by atoms with Crippen molar-refractivity contribution in [2.24, 2.45) is 5.92 Å². The van der Waals surface area contributed by atoms with Crippen LogP contribution in [0, 0.1) is 11.7 Å². The number of halogens is 1. The molecule has 152 valence electrons. The highest BCUT2D eigenvalue weighted by atomic mass is 32.2. The van der Waals surface area contributed by atoms with Crippen LogP contribution < -0.4 is 0 Å². The second-order valence-electron chi connectivity index (χ2n) is 7.81. The summed E-state index contributed by atoms with van der Waals surface area (Å²) in [6.07, 6.45) is 4.44. The van der Waals surface area contributed by atoms with Crippen LogP contribution in [0.2, 0.25) is 0 Å². The van der Waals surface area contributed by atoms with Gasteiger partial charge < -0.3 is 4.90 Å². The summed E-state index contributed by atoms with van der Waals surface area (Å²) in [6.45, 7) is 4.95. The van der Waals surface area contributed by atoms with Crippen LogP contribution in [-0.4, -0.2) is 38.7 Å². The van der Waals surface area contributed by atoms with Crippen LogP contribution in [-0.2, 0) is 9.84 Å². The number of benzene rings is 2. The topological polar surface area (TPSA) is 37.4 Å². The van der Waals surface area contributed by atoms with Gasteiger partial charge in [0, 0.05) is 6.54 Å². The van der Waals surface area contributed by atoms with Crippen molar-refractivity contribution in [2.45, 2.75) is 43.4 Å². The minimum atomic E-state index is -3.36. The van der Waals surface area contributed by atoms with Crippen molar-refractivity contribution < 1.29 is 12.8 Å². The number of hydrogen-bond acceptors (Lipinski definition) is 3. The maximum Gasteiger partial charge on any atom is 0.178 e. The molecular weight excluding hydrogens is 373 g/mol. The van der Waals surface area contributed by atoms with E-state index >= 15 is 0 Å². The molecule has 3 rings (SSSR count). The van der Waals surface area contributed by atoms with Crippen LogP contribution in [0.4, 0.5) is 4.39 Å². The molecule has 0 spiro atoms. The molecule has 1 saturated heterocycles. The van der Waals surface area contributed by atoms with Gasteiger partial charge in [-0.05, 0) is 67.6 Å². The van der Waals surface area contributed by atoms with Crippen molar-refractivity contribution in [3.8, 4) is 0 Å². The molecule has 1 aliphatic rings. The Bertz CT molecular complexity index is 837. The third-order valence-electron chi connectivity index (χ3n) is 5.73. The summed E-state index contributed by atoms with van der Waals surface area (Å²) in [5, 5.41) is 0. The van der Waals surface area contributed by atoms with Crippen LogP contribution >= 0.6 is 0 Å². The molecule has 1 aliphatic heterocycles. The minimum Gasteiger partial charge on any atom is -0.303 e. The average molecular weight is 404 g/mol. The van der Waals surface area contributed by atoms with E-state index in [0.717, 1.165) is 38.0 Å². The summed E-state index contributed by atoms with van der Waals surface area (Å²) in [4.78, 5) is 2.79. The highest BCUT2D eigenvalue weighted by Crippen LogP contribution is 2.35. The molecule has 0 N–H and O–H groups in total. The number of nitrogens with zero attached hydrogens (tertiary/aromatic N) is 1.